The van der Waals surface area contributed by atoms with E-state index in [-0.39, 0.29) is 0 Å². The average molecular weight is 231 g/mol. The van der Waals surface area contributed by atoms with Gasteiger partial charge in [0.05, 0.1) is 17.0 Å². The number of carboxylic acid groups (broad SMARTS) is 1. The molecule has 1 rings (SSSR count). The molecule has 0 saturated heterocycles. The maximum absolute atomic E-state index is 11.1. The number of hydrogen-bond donors (Lipinski definition) is 1. The molecule has 0 amide bonds. The summed E-state index contributed by atoms with van der Waals surface area (Å²) in [5, 5.41) is 18.1. The minimum atomic E-state index is -0.825. The summed E-state index contributed by atoms with van der Waals surface area (Å²) < 4.78 is 0. The van der Waals surface area contributed by atoms with Gasteiger partial charge in [-0.25, -0.2) is 0 Å². The molecule has 0 aromatic heterocycles. The Morgan fingerprint density at radius 1 is 1.41 bits per heavy atom. The highest BCUT2D eigenvalue weighted by atomic mass is 16.4. The first-order valence-corrected chi connectivity index (χ1v) is 5.51. The summed E-state index contributed by atoms with van der Waals surface area (Å²) in [6.45, 7) is 7.22. The van der Waals surface area contributed by atoms with Crippen LogP contribution in [0.15, 0.2) is 12.1 Å². The van der Waals surface area contributed by atoms with Gasteiger partial charge in [0, 0.05) is 0 Å². The Kier molecular flexibility index (Phi) is 3.57. The maximum Gasteiger partial charge on any atom is 0.309 e. The predicted molar refractivity (Wildman–Crippen MR) is 65.8 cm³/mol. The SMILES string of the molecule is Cc1cc(CC(C)(C)C(=O)O)cc(C#N)c1C. The summed E-state index contributed by atoms with van der Waals surface area (Å²) in [7, 11) is 0. The van der Waals surface area contributed by atoms with Gasteiger partial charge in [-0.05, 0) is 56.9 Å². The van der Waals surface area contributed by atoms with E-state index >= 15 is 0 Å². The van der Waals surface area contributed by atoms with Gasteiger partial charge in [-0.3, -0.25) is 4.79 Å². The summed E-state index contributed by atoms with van der Waals surface area (Å²) in [4.78, 5) is 11.1. The molecule has 1 N–H and O–H groups in total. The lowest BCUT2D eigenvalue weighted by atomic mass is 9.84. The van der Waals surface area contributed by atoms with Crippen LogP contribution in [-0.2, 0) is 11.2 Å². The second kappa shape index (κ2) is 4.58. The molecule has 0 unspecified atom stereocenters. The number of benzene rings is 1. The third-order valence-electron chi connectivity index (χ3n) is 3.07. The Morgan fingerprint density at radius 3 is 2.47 bits per heavy atom. The van der Waals surface area contributed by atoms with E-state index in [2.05, 4.69) is 6.07 Å². The third kappa shape index (κ3) is 2.85. The minimum Gasteiger partial charge on any atom is -0.481 e. The van der Waals surface area contributed by atoms with Crippen LogP contribution in [0.25, 0.3) is 0 Å². The summed E-state index contributed by atoms with van der Waals surface area (Å²) in [5.74, 6) is -0.825. The molecule has 0 radical (unpaired) electrons. The van der Waals surface area contributed by atoms with Crippen LogP contribution in [0.4, 0.5) is 0 Å². The van der Waals surface area contributed by atoms with Gasteiger partial charge in [0.25, 0.3) is 0 Å². The molecule has 3 nitrogen and oxygen atoms in total. The van der Waals surface area contributed by atoms with E-state index in [1.165, 1.54) is 0 Å². The summed E-state index contributed by atoms with van der Waals surface area (Å²) >= 11 is 0. The van der Waals surface area contributed by atoms with Gasteiger partial charge >= 0.3 is 5.97 Å². The molecule has 0 aliphatic heterocycles. The third-order valence-corrected chi connectivity index (χ3v) is 3.07. The zero-order valence-corrected chi connectivity index (χ0v) is 10.7. The van der Waals surface area contributed by atoms with Crippen molar-refractivity contribution in [3.8, 4) is 6.07 Å². The van der Waals surface area contributed by atoms with Gasteiger partial charge in [-0.15, -0.1) is 0 Å². The molecule has 0 atom stereocenters. The van der Waals surface area contributed by atoms with Crippen LogP contribution in [0.1, 0.15) is 36.1 Å². The van der Waals surface area contributed by atoms with Gasteiger partial charge in [-0.2, -0.15) is 5.26 Å². The largest absolute Gasteiger partial charge is 0.481 e. The Morgan fingerprint density at radius 2 is 2.00 bits per heavy atom. The number of rotatable bonds is 3. The van der Waals surface area contributed by atoms with Gasteiger partial charge in [0.1, 0.15) is 0 Å². The number of carboxylic acids is 1. The molecule has 90 valence electrons. The van der Waals surface area contributed by atoms with Gasteiger partial charge < -0.3 is 5.11 Å². The molecule has 1 aromatic rings. The van der Waals surface area contributed by atoms with Crippen LogP contribution < -0.4 is 0 Å². The fourth-order valence-electron chi connectivity index (χ4n) is 1.74. The fraction of sp³-hybridized carbons (Fsp3) is 0.429. The number of hydrogen-bond acceptors (Lipinski definition) is 2. The van der Waals surface area contributed by atoms with Crippen LogP contribution in [0.3, 0.4) is 0 Å². The van der Waals surface area contributed by atoms with E-state index in [0.29, 0.717) is 12.0 Å². The van der Waals surface area contributed by atoms with E-state index in [1.54, 1.807) is 19.9 Å². The lowest BCUT2D eigenvalue weighted by Crippen LogP contribution is -2.26. The van der Waals surface area contributed by atoms with E-state index in [9.17, 15) is 4.79 Å². The molecular formula is C14H17NO2. The molecule has 0 bridgehead atoms. The van der Waals surface area contributed by atoms with Crippen molar-refractivity contribution in [3.05, 3.63) is 34.4 Å². The number of aliphatic carboxylic acids is 1. The Labute approximate surface area is 102 Å². The fourth-order valence-corrected chi connectivity index (χ4v) is 1.74. The smallest absolute Gasteiger partial charge is 0.309 e. The normalized spacial score (nSPS) is 11.0. The highest BCUT2D eigenvalue weighted by molar-refractivity contribution is 5.74. The van der Waals surface area contributed by atoms with Crippen molar-refractivity contribution in [2.24, 2.45) is 5.41 Å². The number of nitrogens with zero attached hydrogens (tertiary/aromatic N) is 1. The topological polar surface area (TPSA) is 61.1 Å². The first-order chi connectivity index (χ1) is 7.77. The molecule has 17 heavy (non-hydrogen) atoms. The van der Waals surface area contributed by atoms with Crippen molar-refractivity contribution in [1.29, 1.82) is 5.26 Å². The van der Waals surface area contributed by atoms with Crippen molar-refractivity contribution < 1.29 is 9.90 Å². The second-order valence-electron chi connectivity index (χ2n) is 5.06. The molecule has 0 saturated carbocycles. The zero-order valence-electron chi connectivity index (χ0n) is 10.7. The number of nitriles is 1. The van der Waals surface area contributed by atoms with Crippen molar-refractivity contribution in [3.63, 3.8) is 0 Å². The van der Waals surface area contributed by atoms with E-state index in [1.807, 2.05) is 19.9 Å². The minimum absolute atomic E-state index is 0.429. The standard InChI is InChI=1S/C14H17NO2/c1-9-5-11(6-12(8-15)10(9)2)7-14(3,4)13(16)17/h5-6H,7H2,1-4H3,(H,16,17). The van der Waals surface area contributed by atoms with E-state index in [4.69, 9.17) is 10.4 Å². The Balaban J connectivity index is 3.14. The number of aryl methyl sites for hydroxylation is 1. The van der Waals surface area contributed by atoms with E-state index in [0.717, 1.165) is 16.7 Å². The Hall–Kier alpha value is -1.82. The van der Waals surface area contributed by atoms with Crippen molar-refractivity contribution >= 4 is 5.97 Å². The molecule has 0 aliphatic carbocycles. The highest BCUT2D eigenvalue weighted by Crippen LogP contribution is 2.25. The molecular weight excluding hydrogens is 214 g/mol. The molecule has 0 aliphatic rings. The van der Waals surface area contributed by atoms with Gasteiger partial charge in [-0.1, -0.05) is 6.07 Å². The number of carbonyl (C=O) groups is 1. The zero-order chi connectivity index (χ0) is 13.2. The van der Waals surface area contributed by atoms with E-state index < -0.39 is 11.4 Å². The predicted octanol–water partition coefficient (Wildman–Crippen LogP) is 2.83. The van der Waals surface area contributed by atoms with Crippen LogP contribution in [-0.4, -0.2) is 11.1 Å². The van der Waals surface area contributed by atoms with Crippen LogP contribution in [0.5, 0.6) is 0 Å². The van der Waals surface area contributed by atoms with Crippen molar-refractivity contribution in [1.82, 2.24) is 0 Å². The summed E-state index contributed by atoms with van der Waals surface area (Å²) in [6.07, 6.45) is 0.429. The first kappa shape index (κ1) is 13.2. The van der Waals surface area contributed by atoms with Crippen LogP contribution in [0.2, 0.25) is 0 Å². The van der Waals surface area contributed by atoms with Gasteiger partial charge in [0.15, 0.2) is 0 Å². The molecule has 0 fully saturated rings. The highest BCUT2D eigenvalue weighted by Gasteiger charge is 2.27. The average Bonchev–Trinajstić information content (AvgIpc) is 2.22. The monoisotopic (exact) mass is 231 g/mol. The molecule has 0 spiro atoms. The van der Waals surface area contributed by atoms with Crippen LogP contribution >= 0.6 is 0 Å². The van der Waals surface area contributed by atoms with Crippen molar-refractivity contribution in [2.75, 3.05) is 0 Å². The van der Waals surface area contributed by atoms with Crippen LogP contribution in [0, 0.1) is 30.6 Å². The quantitative estimate of drug-likeness (QED) is 0.870. The van der Waals surface area contributed by atoms with Gasteiger partial charge in [0.2, 0.25) is 0 Å². The lowest BCUT2D eigenvalue weighted by molar-refractivity contribution is -0.146. The Bertz CT molecular complexity index is 496. The second-order valence-corrected chi connectivity index (χ2v) is 5.06. The summed E-state index contributed by atoms with van der Waals surface area (Å²) in [5.41, 5.74) is 2.71. The molecule has 3 heteroatoms. The summed E-state index contributed by atoms with van der Waals surface area (Å²) in [6, 6.07) is 5.89. The molecule has 0 heterocycles. The maximum atomic E-state index is 11.1. The lowest BCUT2D eigenvalue weighted by Gasteiger charge is -2.19. The van der Waals surface area contributed by atoms with Crippen molar-refractivity contribution in [2.45, 2.75) is 34.1 Å². The first-order valence-electron chi connectivity index (χ1n) is 5.51. The molecule has 1 aromatic carbocycles.